The van der Waals surface area contributed by atoms with Crippen molar-refractivity contribution >= 4 is 5.91 Å². The van der Waals surface area contributed by atoms with E-state index in [4.69, 9.17) is 10.6 Å². The molecule has 0 saturated heterocycles. The third-order valence-electron chi connectivity index (χ3n) is 2.66. The van der Waals surface area contributed by atoms with E-state index in [0.717, 1.165) is 0 Å². The largest absolute Gasteiger partial charge is 0.494 e. The second-order valence-corrected chi connectivity index (χ2v) is 4.01. The van der Waals surface area contributed by atoms with E-state index >= 15 is 0 Å². The summed E-state index contributed by atoms with van der Waals surface area (Å²) in [7, 11) is 0. The lowest BCUT2D eigenvalue weighted by molar-refractivity contribution is 0.0947. The zero-order valence-electron chi connectivity index (χ0n) is 11.1. The molecule has 0 fully saturated rings. The van der Waals surface area contributed by atoms with E-state index in [9.17, 15) is 14.0 Å². The fraction of sp³-hybridized carbons (Fsp3) is 0.154. The van der Waals surface area contributed by atoms with Gasteiger partial charge in [0.25, 0.3) is 11.5 Å². The van der Waals surface area contributed by atoms with E-state index < -0.39 is 23.0 Å². The number of hydrogen-bond donors (Lipinski definition) is 3. The van der Waals surface area contributed by atoms with Crippen molar-refractivity contribution in [3.05, 3.63) is 46.3 Å². The van der Waals surface area contributed by atoms with E-state index in [2.05, 4.69) is 9.97 Å². The molecule has 21 heavy (non-hydrogen) atoms. The van der Waals surface area contributed by atoms with Crippen molar-refractivity contribution in [2.24, 2.45) is 5.84 Å². The summed E-state index contributed by atoms with van der Waals surface area (Å²) in [6.07, 6.45) is 1.22. The van der Waals surface area contributed by atoms with E-state index in [1.807, 2.05) is 0 Å². The maximum atomic E-state index is 14.0. The fourth-order valence-corrected chi connectivity index (χ4v) is 1.73. The Balaban J connectivity index is 2.47. The van der Waals surface area contributed by atoms with Crippen molar-refractivity contribution in [3.8, 4) is 17.0 Å². The first-order valence-corrected chi connectivity index (χ1v) is 6.10. The standard InChI is InChI=1S/C13H13FN4O3/c1-2-21-7-3-4-8(9(14)5-7)10-6-16-12(19)11(17-10)13(20)18-15/h3-6H,2,15H2,1H3,(H,16,19)(H,18,20). The van der Waals surface area contributed by atoms with Gasteiger partial charge in [-0.05, 0) is 19.1 Å². The number of carbonyl (C=O) groups is 1. The molecule has 0 aliphatic heterocycles. The number of hydrazine groups is 1. The van der Waals surface area contributed by atoms with Gasteiger partial charge in [0.2, 0.25) is 0 Å². The minimum atomic E-state index is -0.857. The third-order valence-corrected chi connectivity index (χ3v) is 2.66. The number of benzene rings is 1. The van der Waals surface area contributed by atoms with Crippen molar-refractivity contribution in [1.82, 2.24) is 15.4 Å². The molecule has 2 aromatic rings. The van der Waals surface area contributed by atoms with Crippen LogP contribution in [0.1, 0.15) is 17.4 Å². The minimum absolute atomic E-state index is 0.105. The van der Waals surface area contributed by atoms with Crippen LogP contribution in [0, 0.1) is 5.82 Å². The second kappa shape index (κ2) is 6.14. The Hall–Kier alpha value is -2.74. The molecule has 0 spiro atoms. The van der Waals surface area contributed by atoms with Crippen molar-refractivity contribution in [2.75, 3.05) is 6.61 Å². The Labute approximate surface area is 118 Å². The van der Waals surface area contributed by atoms with E-state index in [0.29, 0.717) is 12.4 Å². The summed E-state index contributed by atoms with van der Waals surface area (Å²) in [5.41, 5.74) is 0.881. The Morgan fingerprint density at radius 2 is 2.29 bits per heavy atom. The number of nitrogens with two attached hydrogens (primary N) is 1. The highest BCUT2D eigenvalue weighted by Gasteiger charge is 2.15. The van der Waals surface area contributed by atoms with Crippen LogP contribution in [0.15, 0.2) is 29.2 Å². The molecular weight excluding hydrogens is 279 g/mol. The number of nitrogens with zero attached hydrogens (tertiary/aromatic N) is 1. The van der Waals surface area contributed by atoms with Crippen LogP contribution < -0.4 is 21.6 Å². The van der Waals surface area contributed by atoms with Crippen molar-refractivity contribution in [2.45, 2.75) is 6.92 Å². The van der Waals surface area contributed by atoms with Gasteiger partial charge in [-0.2, -0.15) is 0 Å². The van der Waals surface area contributed by atoms with Crippen molar-refractivity contribution in [1.29, 1.82) is 0 Å². The second-order valence-electron chi connectivity index (χ2n) is 4.01. The average molecular weight is 292 g/mol. The number of rotatable bonds is 4. The molecule has 0 aliphatic carbocycles. The molecule has 1 amide bonds. The van der Waals surface area contributed by atoms with Crippen LogP contribution in [0.3, 0.4) is 0 Å². The zero-order chi connectivity index (χ0) is 15.4. The molecule has 8 heteroatoms. The molecule has 2 rings (SSSR count). The Morgan fingerprint density at radius 3 is 2.90 bits per heavy atom. The van der Waals surface area contributed by atoms with Crippen LogP contribution in [0.2, 0.25) is 0 Å². The number of H-pyrrole nitrogens is 1. The van der Waals surface area contributed by atoms with Crippen molar-refractivity contribution in [3.63, 3.8) is 0 Å². The third kappa shape index (κ3) is 3.06. The number of hydrogen-bond acceptors (Lipinski definition) is 5. The molecule has 0 bridgehead atoms. The zero-order valence-corrected chi connectivity index (χ0v) is 11.1. The number of nitrogen functional groups attached to an aromatic ring is 1. The van der Waals surface area contributed by atoms with Gasteiger partial charge in [0.15, 0.2) is 5.69 Å². The molecule has 0 atom stereocenters. The first-order valence-electron chi connectivity index (χ1n) is 6.10. The molecule has 0 radical (unpaired) electrons. The van der Waals surface area contributed by atoms with Gasteiger partial charge in [0, 0.05) is 17.8 Å². The summed E-state index contributed by atoms with van der Waals surface area (Å²) in [6, 6.07) is 4.22. The first-order chi connectivity index (χ1) is 10.1. The van der Waals surface area contributed by atoms with Crippen molar-refractivity contribution < 1.29 is 13.9 Å². The molecule has 7 nitrogen and oxygen atoms in total. The lowest BCUT2D eigenvalue weighted by Crippen LogP contribution is -2.35. The van der Waals surface area contributed by atoms with Crippen LogP contribution in [-0.4, -0.2) is 22.5 Å². The van der Waals surface area contributed by atoms with Gasteiger partial charge in [-0.15, -0.1) is 0 Å². The van der Waals surface area contributed by atoms with Gasteiger partial charge in [0.1, 0.15) is 11.6 Å². The molecule has 1 aromatic heterocycles. The summed E-state index contributed by atoms with van der Waals surface area (Å²) in [5.74, 6) is 3.90. The maximum absolute atomic E-state index is 14.0. The summed E-state index contributed by atoms with van der Waals surface area (Å²) < 4.78 is 19.2. The molecule has 0 unspecified atom stereocenters. The lowest BCUT2D eigenvalue weighted by Gasteiger charge is -2.07. The molecule has 0 saturated carbocycles. The number of aromatic nitrogens is 2. The van der Waals surface area contributed by atoms with Crippen LogP contribution >= 0.6 is 0 Å². The quantitative estimate of drug-likeness (QED) is 0.434. The number of ether oxygens (including phenoxy) is 1. The number of amides is 1. The predicted molar refractivity (Wildman–Crippen MR) is 73.1 cm³/mol. The van der Waals surface area contributed by atoms with Gasteiger partial charge in [-0.25, -0.2) is 15.2 Å². The minimum Gasteiger partial charge on any atom is -0.494 e. The van der Waals surface area contributed by atoms with Crippen LogP contribution in [0.25, 0.3) is 11.3 Å². The molecule has 110 valence electrons. The normalized spacial score (nSPS) is 10.2. The summed E-state index contributed by atoms with van der Waals surface area (Å²) in [6.45, 7) is 2.20. The van der Waals surface area contributed by atoms with E-state index in [-0.39, 0.29) is 11.3 Å². The first kappa shape index (κ1) is 14.7. The van der Waals surface area contributed by atoms with Gasteiger partial charge >= 0.3 is 0 Å². The molecule has 0 aliphatic rings. The van der Waals surface area contributed by atoms with Gasteiger partial charge in [0.05, 0.1) is 12.3 Å². The molecular formula is C13H13FN4O3. The summed E-state index contributed by atoms with van der Waals surface area (Å²) >= 11 is 0. The van der Waals surface area contributed by atoms with Gasteiger partial charge in [-0.1, -0.05) is 0 Å². The average Bonchev–Trinajstić information content (AvgIpc) is 2.48. The Kier molecular flexibility index (Phi) is 4.29. The highest BCUT2D eigenvalue weighted by Crippen LogP contribution is 2.24. The van der Waals surface area contributed by atoms with Gasteiger partial charge < -0.3 is 9.72 Å². The van der Waals surface area contributed by atoms with Crippen LogP contribution in [-0.2, 0) is 0 Å². The molecule has 1 heterocycles. The highest BCUT2D eigenvalue weighted by molar-refractivity contribution is 5.91. The van der Waals surface area contributed by atoms with Crippen LogP contribution in [0.5, 0.6) is 5.75 Å². The monoisotopic (exact) mass is 292 g/mol. The molecule has 4 N–H and O–H groups in total. The topological polar surface area (TPSA) is 110 Å². The number of halogens is 1. The highest BCUT2D eigenvalue weighted by atomic mass is 19.1. The number of nitrogens with one attached hydrogen (secondary N) is 2. The fourth-order valence-electron chi connectivity index (χ4n) is 1.73. The lowest BCUT2D eigenvalue weighted by atomic mass is 10.1. The predicted octanol–water partition coefficient (Wildman–Crippen LogP) is 0.578. The van der Waals surface area contributed by atoms with E-state index in [1.165, 1.54) is 18.3 Å². The smallest absolute Gasteiger partial charge is 0.289 e. The summed E-state index contributed by atoms with van der Waals surface area (Å²) in [5, 5.41) is 0. The number of carbonyl (C=O) groups excluding carboxylic acids is 1. The summed E-state index contributed by atoms with van der Waals surface area (Å²) in [4.78, 5) is 29.0. The maximum Gasteiger partial charge on any atom is 0.289 e. The molecule has 1 aromatic carbocycles. The van der Waals surface area contributed by atoms with Gasteiger partial charge in [-0.3, -0.25) is 15.0 Å². The number of aromatic amines is 1. The Morgan fingerprint density at radius 1 is 1.52 bits per heavy atom. The van der Waals surface area contributed by atoms with E-state index in [1.54, 1.807) is 18.4 Å². The Bertz CT molecular complexity index is 730. The van der Waals surface area contributed by atoms with Crippen LogP contribution in [0.4, 0.5) is 4.39 Å². The SMILES string of the molecule is CCOc1ccc(-c2c[nH]c(=O)c(C(=O)NN)n2)c(F)c1.